The van der Waals surface area contributed by atoms with Gasteiger partial charge in [-0.1, -0.05) is 36.9 Å². The van der Waals surface area contributed by atoms with Crippen molar-refractivity contribution in [3.8, 4) is 11.4 Å². The van der Waals surface area contributed by atoms with Crippen molar-refractivity contribution in [3.63, 3.8) is 0 Å². The highest BCUT2D eigenvalue weighted by Gasteiger charge is 2.33. The maximum atomic E-state index is 13.0. The number of para-hydroxylation sites is 1. The summed E-state index contributed by atoms with van der Waals surface area (Å²) in [5.41, 5.74) is 2.18. The van der Waals surface area contributed by atoms with Crippen LogP contribution in [-0.2, 0) is 4.79 Å². The van der Waals surface area contributed by atoms with Crippen LogP contribution in [0.5, 0.6) is 0 Å². The van der Waals surface area contributed by atoms with Gasteiger partial charge in [-0.05, 0) is 44.6 Å². The van der Waals surface area contributed by atoms with Crippen molar-refractivity contribution in [2.24, 2.45) is 5.92 Å². The average Bonchev–Trinajstić information content (AvgIpc) is 3.35. The molecule has 6 nitrogen and oxygen atoms in total. The van der Waals surface area contributed by atoms with E-state index in [0.29, 0.717) is 6.04 Å². The molecule has 0 unspecified atom stereocenters. The van der Waals surface area contributed by atoms with Crippen LogP contribution in [0.3, 0.4) is 0 Å². The number of fused-ring (bicyclic) bond motifs is 1. The first-order valence-corrected chi connectivity index (χ1v) is 11.5. The highest BCUT2D eigenvalue weighted by molar-refractivity contribution is 8.00. The van der Waals surface area contributed by atoms with Crippen molar-refractivity contribution < 1.29 is 4.79 Å². The molecule has 1 saturated heterocycles. The first-order chi connectivity index (χ1) is 14.1. The van der Waals surface area contributed by atoms with E-state index in [1.807, 2.05) is 30.2 Å². The standard InChI is InChI=1S/C22H27N5OS/c1-14-9-11-26(12-10-14)21(28)15(2)29-22-25-24-20(27(22)16-7-8-16)18-13-23-19-6-4-3-5-17(18)19/h3-6,13-16,23H,7-12H2,1-2H3/t15-/m0/s1. The number of benzene rings is 1. The van der Waals surface area contributed by atoms with Crippen molar-refractivity contribution in [1.29, 1.82) is 0 Å². The second-order valence-electron chi connectivity index (χ2n) is 8.42. The van der Waals surface area contributed by atoms with Crippen LogP contribution in [0.15, 0.2) is 35.6 Å². The molecule has 0 spiro atoms. The quantitative estimate of drug-likeness (QED) is 0.630. The smallest absolute Gasteiger partial charge is 0.235 e. The zero-order chi connectivity index (χ0) is 20.0. The summed E-state index contributed by atoms with van der Waals surface area (Å²) in [4.78, 5) is 18.3. The minimum absolute atomic E-state index is 0.152. The minimum atomic E-state index is -0.152. The van der Waals surface area contributed by atoms with E-state index in [1.54, 1.807) is 11.8 Å². The van der Waals surface area contributed by atoms with Crippen LogP contribution < -0.4 is 0 Å². The summed E-state index contributed by atoms with van der Waals surface area (Å²) < 4.78 is 2.25. The lowest BCUT2D eigenvalue weighted by atomic mass is 9.99. The van der Waals surface area contributed by atoms with Crippen LogP contribution in [0.2, 0.25) is 0 Å². The Bertz CT molecular complexity index is 1030. The molecule has 5 rings (SSSR count). The fraction of sp³-hybridized carbons (Fsp3) is 0.500. The molecule has 1 amide bonds. The summed E-state index contributed by atoms with van der Waals surface area (Å²) in [6, 6.07) is 8.71. The summed E-state index contributed by atoms with van der Waals surface area (Å²) >= 11 is 1.55. The number of amides is 1. The molecule has 1 atom stereocenters. The lowest BCUT2D eigenvalue weighted by molar-refractivity contribution is -0.131. The molecule has 2 aliphatic rings. The summed E-state index contributed by atoms with van der Waals surface area (Å²) in [5.74, 6) is 1.85. The maximum absolute atomic E-state index is 13.0. The monoisotopic (exact) mass is 409 g/mol. The van der Waals surface area contributed by atoms with Gasteiger partial charge < -0.3 is 9.88 Å². The van der Waals surface area contributed by atoms with Gasteiger partial charge in [0.15, 0.2) is 11.0 Å². The van der Waals surface area contributed by atoms with Gasteiger partial charge in [-0.3, -0.25) is 9.36 Å². The topological polar surface area (TPSA) is 66.8 Å². The van der Waals surface area contributed by atoms with Gasteiger partial charge in [-0.25, -0.2) is 0 Å². The molecule has 1 aromatic carbocycles. The zero-order valence-corrected chi connectivity index (χ0v) is 17.8. The fourth-order valence-corrected chi connectivity index (χ4v) is 5.16. The van der Waals surface area contributed by atoms with Crippen LogP contribution in [0, 0.1) is 5.92 Å². The van der Waals surface area contributed by atoms with Crippen LogP contribution in [0.25, 0.3) is 22.3 Å². The highest BCUT2D eigenvalue weighted by atomic mass is 32.2. The van der Waals surface area contributed by atoms with E-state index in [4.69, 9.17) is 0 Å². The zero-order valence-electron chi connectivity index (χ0n) is 17.0. The Morgan fingerprint density at radius 2 is 1.93 bits per heavy atom. The first kappa shape index (κ1) is 18.7. The number of aromatic amines is 1. The number of carbonyl (C=O) groups is 1. The number of hydrogen-bond donors (Lipinski definition) is 1. The Morgan fingerprint density at radius 1 is 1.17 bits per heavy atom. The second-order valence-corrected chi connectivity index (χ2v) is 9.73. The first-order valence-electron chi connectivity index (χ1n) is 10.6. The Kier molecular flexibility index (Phi) is 4.86. The van der Waals surface area contributed by atoms with Gasteiger partial charge in [-0.15, -0.1) is 10.2 Å². The highest BCUT2D eigenvalue weighted by Crippen LogP contribution is 2.43. The number of nitrogens with zero attached hydrogens (tertiary/aromatic N) is 4. The van der Waals surface area contributed by atoms with Crippen molar-refractivity contribution in [2.75, 3.05) is 13.1 Å². The molecule has 0 bridgehead atoms. The molecule has 2 fully saturated rings. The molecule has 1 N–H and O–H groups in total. The molecule has 29 heavy (non-hydrogen) atoms. The van der Waals surface area contributed by atoms with Gasteiger partial charge >= 0.3 is 0 Å². The number of aromatic nitrogens is 4. The van der Waals surface area contributed by atoms with Crippen LogP contribution in [-0.4, -0.2) is 48.9 Å². The van der Waals surface area contributed by atoms with E-state index in [-0.39, 0.29) is 11.2 Å². The number of hydrogen-bond acceptors (Lipinski definition) is 4. The minimum Gasteiger partial charge on any atom is -0.360 e. The molecular formula is C22H27N5OS. The van der Waals surface area contributed by atoms with E-state index in [0.717, 1.165) is 72.1 Å². The number of H-pyrrole nitrogens is 1. The van der Waals surface area contributed by atoms with Gasteiger partial charge in [0.25, 0.3) is 0 Å². The van der Waals surface area contributed by atoms with E-state index >= 15 is 0 Å². The number of piperidine rings is 1. The lowest BCUT2D eigenvalue weighted by Gasteiger charge is -2.32. The maximum Gasteiger partial charge on any atom is 0.235 e. The van der Waals surface area contributed by atoms with E-state index < -0.39 is 0 Å². The fourth-order valence-electron chi connectivity index (χ4n) is 4.15. The molecule has 3 heterocycles. The van der Waals surface area contributed by atoms with Crippen LogP contribution in [0.4, 0.5) is 0 Å². The third-order valence-electron chi connectivity index (χ3n) is 6.13. The Morgan fingerprint density at radius 3 is 2.69 bits per heavy atom. The van der Waals surface area contributed by atoms with Crippen molar-refractivity contribution in [3.05, 3.63) is 30.5 Å². The van der Waals surface area contributed by atoms with Gasteiger partial charge in [0.05, 0.1) is 5.25 Å². The molecule has 3 aromatic rings. The SMILES string of the molecule is CC1CCN(C(=O)[C@H](C)Sc2nnc(-c3c[nH]c4ccccc34)n2C2CC2)CC1. The number of thioether (sulfide) groups is 1. The van der Waals surface area contributed by atoms with E-state index in [9.17, 15) is 4.79 Å². The molecule has 152 valence electrons. The normalized spacial score (nSPS) is 19.0. The molecule has 1 aliphatic heterocycles. The van der Waals surface area contributed by atoms with E-state index in [1.165, 1.54) is 0 Å². The summed E-state index contributed by atoms with van der Waals surface area (Å²) in [5, 5.41) is 10.9. The van der Waals surface area contributed by atoms with Crippen molar-refractivity contribution in [1.82, 2.24) is 24.6 Å². The number of carbonyl (C=O) groups excluding carboxylic acids is 1. The van der Waals surface area contributed by atoms with Crippen LogP contribution in [0.1, 0.15) is 45.6 Å². The summed E-state index contributed by atoms with van der Waals surface area (Å²) in [6.45, 7) is 6.02. The van der Waals surface area contributed by atoms with E-state index in [2.05, 4.69) is 38.8 Å². The molecule has 1 aliphatic carbocycles. The van der Waals surface area contributed by atoms with Gasteiger partial charge in [0, 0.05) is 41.8 Å². The molecule has 2 aromatic heterocycles. The van der Waals surface area contributed by atoms with Crippen molar-refractivity contribution >= 4 is 28.6 Å². The molecule has 1 saturated carbocycles. The largest absolute Gasteiger partial charge is 0.360 e. The van der Waals surface area contributed by atoms with Gasteiger partial charge in [-0.2, -0.15) is 0 Å². The lowest BCUT2D eigenvalue weighted by Crippen LogP contribution is -2.41. The molecule has 7 heteroatoms. The third kappa shape index (κ3) is 3.56. The number of rotatable bonds is 5. The summed E-state index contributed by atoms with van der Waals surface area (Å²) in [6.07, 6.45) is 6.52. The number of likely N-dealkylation sites (tertiary alicyclic amines) is 1. The third-order valence-corrected chi connectivity index (χ3v) is 7.18. The Hall–Kier alpha value is -2.28. The predicted molar refractivity (Wildman–Crippen MR) is 116 cm³/mol. The second kappa shape index (κ2) is 7.52. The summed E-state index contributed by atoms with van der Waals surface area (Å²) in [7, 11) is 0. The van der Waals surface area contributed by atoms with Gasteiger partial charge in [0.1, 0.15) is 0 Å². The Balaban J connectivity index is 1.41. The average molecular weight is 410 g/mol. The molecular weight excluding hydrogens is 382 g/mol. The number of nitrogens with one attached hydrogen (secondary N) is 1. The van der Waals surface area contributed by atoms with Crippen LogP contribution >= 0.6 is 11.8 Å². The molecule has 0 radical (unpaired) electrons. The predicted octanol–water partition coefficient (Wildman–Crippen LogP) is 4.50. The van der Waals surface area contributed by atoms with Crippen molar-refractivity contribution in [2.45, 2.75) is 56.0 Å². The van der Waals surface area contributed by atoms with Gasteiger partial charge in [0.2, 0.25) is 5.91 Å². The Labute approximate surface area is 175 Å².